The molecule has 16 heavy (non-hydrogen) atoms. The highest BCUT2D eigenvalue weighted by molar-refractivity contribution is 7.89. The third-order valence-electron chi connectivity index (χ3n) is 2.43. The van der Waals surface area contributed by atoms with E-state index in [1.807, 2.05) is 18.4 Å². The topological polar surface area (TPSA) is 64.0 Å². The van der Waals surface area contributed by atoms with Crippen molar-refractivity contribution in [3.8, 4) is 0 Å². The number of hydrogen-bond donors (Lipinski definition) is 1. The van der Waals surface area contributed by atoms with Gasteiger partial charge in [0.25, 0.3) is 0 Å². The fraction of sp³-hybridized carbons (Fsp3) is 0.700. The van der Waals surface area contributed by atoms with Crippen molar-refractivity contribution in [2.24, 2.45) is 0 Å². The molecule has 0 aliphatic carbocycles. The molecule has 1 N–H and O–H groups in total. The standard InChI is InChI=1S/C10H19N3O2S/c1-5-12-16(14,15)9(4)10-11-6-7-13(10)8(2)3/h6-9,12H,5H2,1-4H3. The highest BCUT2D eigenvalue weighted by atomic mass is 32.2. The molecule has 0 aromatic carbocycles. The van der Waals surface area contributed by atoms with Crippen LogP contribution in [-0.2, 0) is 10.0 Å². The maximum Gasteiger partial charge on any atom is 0.221 e. The second-order valence-electron chi connectivity index (χ2n) is 3.97. The SMILES string of the molecule is CCNS(=O)(=O)C(C)c1nccn1C(C)C. The van der Waals surface area contributed by atoms with Gasteiger partial charge in [-0.15, -0.1) is 0 Å². The zero-order valence-corrected chi connectivity index (χ0v) is 11.0. The van der Waals surface area contributed by atoms with Crippen molar-refractivity contribution in [3.05, 3.63) is 18.2 Å². The molecule has 1 atom stereocenters. The molecule has 0 amide bonds. The van der Waals surface area contributed by atoms with Crippen molar-refractivity contribution in [1.29, 1.82) is 0 Å². The van der Waals surface area contributed by atoms with Crippen molar-refractivity contribution >= 4 is 10.0 Å². The summed E-state index contributed by atoms with van der Waals surface area (Å²) in [6, 6.07) is 0.205. The lowest BCUT2D eigenvalue weighted by atomic mass is 10.3. The minimum atomic E-state index is -3.32. The van der Waals surface area contributed by atoms with E-state index in [1.54, 1.807) is 26.2 Å². The van der Waals surface area contributed by atoms with Crippen LogP contribution in [0.15, 0.2) is 12.4 Å². The number of nitrogens with zero attached hydrogens (tertiary/aromatic N) is 2. The molecule has 1 rings (SSSR count). The number of sulfonamides is 1. The van der Waals surface area contributed by atoms with Gasteiger partial charge < -0.3 is 4.57 Å². The molecule has 0 radical (unpaired) electrons. The highest BCUT2D eigenvalue weighted by Gasteiger charge is 2.26. The van der Waals surface area contributed by atoms with E-state index in [4.69, 9.17) is 0 Å². The highest BCUT2D eigenvalue weighted by Crippen LogP contribution is 2.21. The third kappa shape index (κ3) is 2.62. The van der Waals surface area contributed by atoms with E-state index >= 15 is 0 Å². The summed E-state index contributed by atoms with van der Waals surface area (Å²) in [5.41, 5.74) is 0. The van der Waals surface area contributed by atoms with Gasteiger partial charge in [-0.2, -0.15) is 0 Å². The molecule has 0 fully saturated rings. The molecular weight excluding hydrogens is 226 g/mol. The molecular formula is C10H19N3O2S. The molecule has 0 spiro atoms. The van der Waals surface area contributed by atoms with Crippen molar-refractivity contribution in [2.45, 2.75) is 39.0 Å². The summed E-state index contributed by atoms with van der Waals surface area (Å²) < 4.78 is 28.0. The van der Waals surface area contributed by atoms with Gasteiger partial charge in [0.05, 0.1) is 0 Å². The Morgan fingerprint density at radius 3 is 2.56 bits per heavy atom. The molecule has 0 aliphatic heterocycles. The Kier molecular flexibility index (Phi) is 4.09. The smallest absolute Gasteiger partial charge is 0.221 e. The average Bonchev–Trinajstić information content (AvgIpc) is 2.64. The van der Waals surface area contributed by atoms with Gasteiger partial charge in [0.2, 0.25) is 10.0 Å². The van der Waals surface area contributed by atoms with E-state index in [9.17, 15) is 8.42 Å². The third-order valence-corrected chi connectivity index (χ3v) is 4.26. The summed E-state index contributed by atoms with van der Waals surface area (Å²) in [6.45, 7) is 7.81. The number of hydrogen-bond acceptors (Lipinski definition) is 3. The lowest BCUT2D eigenvalue weighted by molar-refractivity contribution is 0.542. The predicted octanol–water partition coefficient (Wildman–Crippen LogP) is 1.46. The van der Waals surface area contributed by atoms with E-state index in [2.05, 4.69) is 9.71 Å². The number of nitrogens with one attached hydrogen (secondary N) is 1. The summed E-state index contributed by atoms with van der Waals surface area (Å²) in [7, 11) is -3.32. The van der Waals surface area contributed by atoms with Gasteiger partial charge in [-0.05, 0) is 20.8 Å². The molecule has 6 heteroatoms. The van der Waals surface area contributed by atoms with Gasteiger partial charge >= 0.3 is 0 Å². The van der Waals surface area contributed by atoms with Crippen molar-refractivity contribution in [3.63, 3.8) is 0 Å². The van der Waals surface area contributed by atoms with Crippen LogP contribution in [0.1, 0.15) is 44.8 Å². The first-order valence-electron chi connectivity index (χ1n) is 5.41. The van der Waals surface area contributed by atoms with Crippen molar-refractivity contribution in [1.82, 2.24) is 14.3 Å². The molecule has 0 bridgehead atoms. The van der Waals surface area contributed by atoms with Crippen LogP contribution >= 0.6 is 0 Å². The molecule has 1 heterocycles. The summed E-state index contributed by atoms with van der Waals surface area (Å²) in [5, 5.41) is -0.634. The Balaban J connectivity index is 3.05. The van der Waals surface area contributed by atoms with E-state index in [-0.39, 0.29) is 6.04 Å². The maximum atomic E-state index is 11.8. The first-order chi connectivity index (χ1) is 7.40. The number of rotatable bonds is 5. The Hall–Kier alpha value is -0.880. The van der Waals surface area contributed by atoms with Crippen LogP contribution in [0.5, 0.6) is 0 Å². The van der Waals surface area contributed by atoms with Crippen LogP contribution in [0.4, 0.5) is 0 Å². The monoisotopic (exact) mass is 245 g/mol. The molecule has 1 aromatic heterocycles. The van der Waals surface area contributed by atoms with Gasteiger partial charge in [0, 0.05) is 25.0 Å². The first-order valence-corrected chi connectivity index (χ1v) is 6.96. The average molecular weight is 245 g/mol. The van der Waals surface area contributed by atoms with Crippen LogP contribution in [-0.4, -0.2) is 24.5 Å². The summed E-state index contributed by atoms with van der Waals surface area (Å²) in [6.07, 6.45) is 3.44. The molecule has 0 aliphatic rings. The van der Waals surface area contributed by atoms with Gasteiger partial charge in [0.1, 0.15) is 11.1 Å². The van der Waals surface area contributed by atoms with Crippen LogP contribution in [0, 0.1) is 0 Å². The quantitative estimate of drug-likeness (QED) is 0.854. The van der Waals surface area contributed by atoms with Crippen LogP contribution < -0.4 is 4.72 Å². The lowest BCUT2D eigenvalue weighted by Gasteiger charge is -2.17. The normalized spacial score (nSPS) is 14.3. The molecule has 5 nitrogen and oxygen atoms in total. The molecule has 0 saturated carbocycles. The van der Waals surface area contributed by atoms with Crippen LogP contribution in [0.2, 0.25) is 0 Å². The van der Waals surface area contributed by atoms with Crippen molar-refractivity contribution < 1.29 is 8.42 Å². The largest absolute Gasteiger partial charge is 0.331 e. The van der Waals surface area contributed by atoms with Gasteiger partial charge in [-0.25, -0.2) is 18.1 Å². The molecule has 92 valence electrons. The van der Waals surface area contributed by atoms with Crippen LogP contribution in [0.25, 0.3) is 0 Å². The van der Waals surface area contributed by atoms with E-state index in [0.717, 1.165) is 0 Å². The van der Waals surface area contributed by atoms with E-state index in [0.29, 0.717) is 12.4 Å². The Labute approximate surface area is 96.9 Å². The zero-order valence-electron chi connectivity index (χ0n) is 10.1. The minimum absolute atomic E-state index is 0.205. The maximum absolute atomic E-state index is 11.8. The first kappa shape index (κ1) is 13.2. The second kappa shape index (κ2) is 4.97. The van der Waals surface area contributed by atoms with Gasteiger partial charge in [0.15, 0.2) is 0 Å². The number of imidazole rings is 1. The second-order valence-corrected chi connectivity index (χ2v) is 6.06. The Morgan fingerprint density at radius 2 is 2.06 bits per heavy atom. The van der Waals surface area contributed by atoms with E-state index in [1.165, 1.54) is 0 Å². The summed E-state index contributed by atoms with van der Waals surface area (Å²) in [4.78, 5) is 4.13. The van der Waals surface area contributed by atoms with Gasteiger partial charge in [-0.3, -0.25) is 0 Å². The molecule has 0 saturated heterocycles. The molecule has 1 aromatic rings. The number of aromatic nitrogens is 2. The zero-order chi connectivity index (χ0) is 12.3. The van der Waals surface area contributed by atoms with Crippen LogP contribution in [0.3, 0.4) is 0 Å². The Bertz CT molecular complexity index is 437. The molecule has 1 unspecified atom stereocenters. The minimum Gasteiger partial charge on any atom is -0.331 e. The lowest BCUT2D eigenvalue weighted by Crippen LogP contribution is -2.29. The van der Waals surface area contributed by atoms with Gasteiger partial charge in [-0.1, -0.05) is 6.92 Å². The fourth-order valence-electron chi connectivity index (χ4n) is 1.54. The van der Waals surface area contributed by atoms with Crippen molar-refractivity contribution in [2.75, 3.05) is 6.54 Å². The fourth-order valence-corrected chi connectivity index (χ4v) is 2.65. The van der Waals surface area contributed by atoms with E-state index < -0.39 is 15.3 Å². The summed E-state index contributed by atoms with van der Waals surface area (Å²) >= 11 is 0. The summed E-state index contributed by atoms with van der Waals surface area (Å²) in [5.74, 6) is 0.580. The predicted molar refractivity (Wildman–Crippen MR) is 63.6 cm³/mol. The Morgan fingerprint density at radius 1 is 1.44 bits per heavy atom.